The summed E-state index contributed by atoms with van der Waals surface area (Å²) in [7, 11) is 0. The van der Waals surface area contributed by atoms with Crippen LogP contribution in [0.3, 0.4) is 0 Å². The molecule has 2 amide bonds. The number of nitrogens with one attached hydrogen (secondary N) is 1. The molecule has 1 aliphatic rings. The molecule has 1 aromatic heterocycles. The maximum atomic E-state index is 12.0. The van der Waals surface area contributed by atoms with E-state index in [9.17, 15) is 4.79 Å². The molecule has 1 atom stereocenters. The summed E-state index contributed by atoms with van der Waals surface area (Å²) in [4.78, 5) is 18.4. The number of urea groups is 1. The number of benzene rings is 1. The number of hydrogen-bond donors (Lipinski definition) is 1. The lowest BCUT2D eigenvalue weighted by Crippen LogP contribution is -2.44. The SMILES string of the molecule is CCNC(=O)N1CCCC(c2nc(-c3cccc(C)c3)no2)C1. The van der Waals surface area contributed by atoms with Crippen molar-refractivity contribution in [1.29, 1.82) is 0 Å². The zero-order valence-corrected chi connectivity index (χ0v) is 13.6. The zero-order valence-electron chi connectivity index (χ0n) is 13.6. The molecule has 2 aromatic rings. The Hall–Kier alpha value is -2.37. The average Bonchev–Trinajstić information content (AvgIpc) is 3.05. The normalized spacial score (nSPS) is 18.0. The first-order valence-electron chi connectivity index (χ1n) is 8.10. The average molecular weight is 314 g/mol. The van der Waals surface area contributed by atoms with Gasteiger partial charge in [-0.3, -0.25) is 0 Å². The molecule has 1 saturated heterocycles. The van der Waals surface area contributed by atoms with Crippen molar-refractivity contribution in [2.45, 2.75) is 32.6 Å². The van der Waals surface area contributed by atoms with E-state index in [1.165, 1.54) is 0 Å². The third-order valence-corrected chi connectivity index (χ3v) is 4.10. The molecule has 2 heterocycles. The van der Waals surface area contributed by atoms with Gasteiger partial charge in [0.05, 0.1) is 5.92 Å². The van der Waals surface area contributed by atoms with Crippen molar-refractivity contribution in [3.63, 3.8) is 0 Å². The van der Waals surface area contributed by atoms with Crippen molar-refractivity contribution >= 4 is 6.03 Å². The fourth-order valence-corrected chi connectivity index (χ4v) is 2.93. The van der Waals surface area contributed by atoms with Gasteiger partial charge >= 0.3 is 6.03 Å². The second-order valence-electron chi connectivity index (χ2n) is 5.95. The highest BCUT2D eigenvalue weighted by Gasteiger charge is 2.28. The van der Waals surface area contributed by atoms with Gasteiger partial charge in [0.2, 0.25) is 11.7 Å². The smallest absolute Gasteiger partial charge is 0.317 e. The van der Waals surface area contributed by atoms with E-state index in [0.717, 1.165) is 30.5 Å². The summed E-state index contributed by atoms with van der Waals surface area (Å²) in [6.45, 7) is 6.00. The fraction of sp³-hybridized carbons (Fsp3) is 0.471. The van der Waals surface area contributed by atoms with Gasteiger partial charge in [0.1, 0.15) is 0 Å². The molecule has 1 aromatic carbocycles. The number of likely N-dealkylation sites (tertiary alicyclic amines) is 1. The van der Waals surface area contributed by atoms with Gasteiger partial charge in [0, 0.05) is 25.2 Å². The summed E-state index contributed by atoms with van der Waals surface area (Å²) in [5, 5.41) is 6.95. The number of hydrogen-bond acceptors (Lipinski definition) is 4. The van der Waals surface area contributed by atoms with Crippen molar-refractivity contribution in [3.8, 4) is 11.4 Å². The van der Waals surface area contributed by atoms with Crippen LogP contribution in [0.15, 0.2) is 28.8 Å². The highest BCUT2D eigenvalue weighted by Crippen LogP contribution is 2.27. The lowest BCUT2D eigenvalue weighted by Gasteiger charge is -2.30. The van der Waals surface area contributed by atoms with Crippen LogP contribution in [0, 0.1) is 6.92 Å². The van der Waals surface area contributed by atoms with E-state index in [-0.39, 0.29) is 11.9 Å². The molecule has 0 radical (unpaired) electrons. The van der Waals surface area contributed by atoms with Crippen LogP contribution in [-0.2, 0) is 0 Å². The molecule has 3 rings (SSSR count). The zero-order chi connectivity index (χ0) is 16.2. The van der Waals surface area contributed by atoms with E-state index in [0.29, 0.717) is 24.8 Å². The van der Waals surface area contributed by atoms with Crippen LogP contribution < -0.4 is 5.32 Å². The van der Waals surface area contributed by atoms with Crippen LogP contribution in [0.2, 0.25) is 0 Å². The maximum absolute atomic E-state index is 12.0. The quantitative estimate of drug-likeness (QED) is 0.945. The number of carbonyl (C=O) groups is 1. The lowest BCUT2D eigenvalue weighted by molar-refractivity contribution is 0.172. The Morgan fingerprint density at radius 2 is 2.35 bits per heavy atom. The van der Waals surface area contributed by atoms with Crippen LogP contribution in [0.4, 0.5) is 4.79 Å². The molecule has 23 heavy (non-hydrogen) atoms. The van der Waals surface area contributed by atoms with Crippen molar-refractivity contribution in [2.24, 2.45) is 0 Å². The number of aryl methyl sites for hydroxylation is 1. The molecule has 0 bridgehead atoms. The second-order valence-corrected chi connectivity index (χ2v) is 5.95. The van der Waals surface area contributed by atoms with E-state index in [4.69, 9.17) is 4.52 Å². The van der Waals surface area contributed by atoms with E-state index in [2.05, 4.69) is 15.5 Å². The summed E-state index contributed by atoms with van der Waals surface area (Å²) in [6, 6.07) is 8.02. The largest absolute Gasteiger partial charge is 0.339 e. The van der Waals surface area contributed by atoms with Crippen LogP contribution >= 0.6 is 0 Å². The predicted molar refractivity (Wildman–Crippen MR) is 87.1 cm³/mol. The van der Waals surface area contributed by atoms with Crippen LogP contribution in [0.5, 0.6) is 0 Å². The summed E-state index contributed by atoms with van der Waals surface area (Å²) in [6.07, 6.45) is 1.91. The van der Waals surface area contributed by atoms with Gasteiger partial charge in [-0.15, -0.1) is 0 Å². The molecule has 1 fully saturated rings. The highest BCUT2D eigenvalue weighted by molar-refractivity contribution is 5.74. The Kier molecular flexibility index (Phi) is 4.60. The molecule has 1 aliphatic heterocycles. The van der Waals surface area contributed by atoms with Crippen molar-refractivity contribution in [1.82, 2.24) is 20.4 Å². The Balaban J connectivity index is 1.73. The lowest BCUT2D eigenvalue weighted by atomic mass is 9.98. The molecule has 122 valence electrons. The van der Waals surface area contributed by atoms with Gasteiger partial charge in [-0.25, -0.2) is 4.79 Å². The van der Waals surface area contributed by atoms with Gasteiger partial charge in [-0.1, -0.05) is 28.9 Å². The minimum atomic E-state index is -0.0179. The molecule has 0 spiro atoms. The first-order chi connectivity index (χ1) is 11.2. The van der Waals surface area contributed by atoms with E-state index in [1.807, 2.05) is 43.0 Å². The third kappa shape index (κ3) is 3.52. The number of piperidine rings is 1. The number of amides is 2. The topological polar surface area (TPSA) is 71.3 Å². The van der Waals surface area contributed by atoms with E-state index in [1.54, 1.807) is 0 Å². The number of rotatable bonds is 3. The van der Waals surface area contributed by atoms with Crippen LogP contribution in [-0.4, -0.2) is 40.7 Å². The fourth-order valence-electron chi connectivity index (χ4n) is 2.93. The molecule has 1 unspecified atom stereocenters. The highest BCUT2D eigenvalue weighted by atomic mass is 16.5. The summed E-state index contributed by atoms with van der Waals surface area (Å²) in [5.74, 6) is 1.34. The first kappa shape index (κ1) is 15.5. The van der Waals surface area contributed by atoms with Crippen molar-refractivity contribution in [2.75, 3.05) is 19.6 Å². The van der Waals surface area contributed by atoms with E-state index >= 15 is 0 Å². The molecule has 6 nitrogen and oxygen atoms in total. The molecular formula is C17H22N4O2. The summed E-state index contributed by atoms with van der Waals surface area (Å²) < 4.78 is 5.47. The third-order valence-electron chi connectivity index (χ3n) is 4.10. The number of aromatic nitrogens is 2. The van der Waals surface area contributed by atoms with Gasteiger partial charge in [0.15, 0.2) is 0 Å². The number of nitrogens with zero attached hydrogens (tertiary/aromatic N) is 3. The predicted octanol–water partition coefficient (Wildman–Crippen LogP) is 2.95. The molecule has 0 saturated carbocycles. The van der Waals surface area contributed by atoms with Crippen LogP contribution in [0.25, 0.3) is 11.4 Å². The van der Waals surface area contributed by atoms with Crippen LogP contribution in [0.1, 0.15) is 37.1 Å². The molecule has 0 aliphatic carbocycles. The first-order valence-corrected chi connectivity index (χ1v) is 8.10. The van der Waals surface area contributed by atoms with Crippen molar-refractivity contribution < 1.29 is 9.32 Å². The minimum Gasteiger partial charge on any atom is -0.339 e. The van der Waals surface area contributed by atoms with Gasteiger partial charge < -0.3 is 14.7 Å². The number of carbonyl (C=O) groups excluding carboxylic acids is 1. The van der Waals surface area contributed by atoms with Crippen molar-refractivity contribution in [3.05, 3.63) is 35.7 Å². The summed E-state index contributed by atoms with van der Waals surface area (Å²) >= 11 is 0. The molecular weight excluding hydrogens is 292 g/mol. The van der Waals surface area contributed by atoms with Gasteiger partial charge in [-0.2, -0.15) is 4.98 Å². The Bertz CT molecular complexity index is 683. The van der Waals surface area contributed by atoms with E-state index < -0.39 is 0 Å². The van der Waals surface area contributed by atoms with Gasteiger partial charge in [0.25, 0.3) is 0 Å². The summed E-state index contributed by atoms with van der Waals surface area (Å²) in [5.41, 5.74) is 2.12. The minimum absolute atomic E-state index is 0.0179. The van der Waals surface area contributed by atoms with Gasteiger partial charge in [-0.05, 0) is 32.8 Å². The molecule has 6 heteroatoms. The molecule has 1 N–H and O–H groups in total. The standard InChI is InChI=1S/C17H22N4O2/c1-3-18-17(22)21-9-5-8-14(11-21)16-19-15(20-23-16)13-7-4-6-12(2)10-13/h4,6-7,10,14H,3,5,8-9,11H2,1-2H3,(H,18,22). The monoisotopic (exact) mass is 314 g/mol. The second kappa shape index (κ2) is 6.81. The Labute approximate surface area is 135 Å². The Morgan fingerprint density at radius 1 is 1.48 bits per heavy atom. The maximum Gasteiger partial charge on any atom is 0.317 e. The Morgan fingerprint density at radius 3 is 3.13 bits per heavy atom.